The lowest BCUT2D eigenvalue weighted by Crippen LogP contribution is -2.50. The Morgan fingerprint density at radius 3 is 2.38 bits per heavy atom. The number of carbonyl (C=O) groups is 1. The molecule has 1 fully saturated rings. The van der Waals surface area contributed by atoms with Crippen LogP contribution >= 0.6 is 0 Å². The third kappa shape index (κ3) is 4.62. The van der Waals surface area contributed by atoms with Crippen LogP contribution in [0.2, 0.25) is 0 Å². The van der Waals surface area contributed by atoms with Crippen molar-refractivity contribution < 1.29 is 31.9 Å². The number of fused-ring (bicyclic) bond motifs is 1. The summed E-state index contributed by atoms with van der Waals surface area (Å²) in [7, 11) is -3.81. The Labute approximate surface area is 212 Å². The van der Waals surface area contributed by atoms with Crippen LogP contribution in [-0.2, 0) is 15.4 Å². The van der Waals surface area contributed by atoms with E-state index in [4.69, 9.17) is 9.15 Å². The highest BCUT2D eigenvalue weighted by molar-refractivity contribution is 7.90. The van der Waals surface area contributed by atoms with Crippen LogP contribution in [0.15, 0.2) is 64.2 Å². The van der Waals surface area contributed by atoms with Crippen molar-refractivity contribution in [3.63, 3.8) is 0 Å². The molecule has 1 aliphatic carbocycles. The summed E-state index contributed by atoms with van der Waals surface area (Å²) in [5.74, 6) is 0.305. The molecule has 1 saturated carbocycles. The molecule has 1 amide bonds. The largest absolute Gasteiger partial charge is 0.474 e. The number of rotatable bonds is 8. The molecule has 2 heterocycles. The van der Waals surface area contributed by atoms with Crippen LogP contribution in [-0.4, -0.2) is 49.1 Å². The molecule has 0 saturated heterocycles. The smallest absolute Gasteiger partial charge is 0.405 e. The van der Waals surface area contributed by atoms with Crippen molar-refractivity contribution in [1.82, 2.24) is 15.3 Å². The fraction of sp³-hybridized carbons (Fsp3) is 0.269. The monoisotopic (exact) mass is 525 g/mol. The van der Waals surface area contributed by atoms with E-state index in [0.717, 1.165) is 23.8 Å². The lowest BCUT2D eigenvalue weighted by Gasteiger charge is -2.42. The van der Waals surface area contributed by atoms with Crippen LogP contribution in [0, 0.1) is 0 Å². The molecule has 37 heavy (non-hydrogen) atoms. The van der Waals surface area contributed by atoms with E-state index in [0.29, 0.717) is 35.1 Å². The van der Waals surface area contributed by atoms with Gasteiger partial charge in [0.15, 0.2) is 0 Å². The number of halogens is 1. The van der Waals surface area contributed by atoms with Crippen molar-refractivity contribution in [3.05, 3.63) is 60.2 Å². The van der Waals surface area contributed by atoms with Gasteiger partial charge in [-0.1, -0.05) is 54.6 Å². The second-order valence-electron chi connectivity index (χ2n) is 8.92. The van der Waals surface area contributed by atoms with Gasteiger partial charge in [-0.25, -0.2) is 17.6 Å². The van der Waals surface area contributed by atoms with Gasteiger partial charge < -0.3 is 19.6 Å². The van der Waals surface area contributed by atoms with E-state index in [1.165, 1.54) is 0 Å². The normalized spacial score (nSPS) is 14.8. The van der Waals surface area contributed by atoms with Crippen LogP contribution in [0.4, 0.5) is 9.18 Å². The Kier molecular flexibility index (Phi) is 6.32. The fourth-order valence-corrected chi connectivity index (χ4v) is 5.10. The van der Waals surface area contributed by atoms with Crippen molar-refractivity contribution >= 4 is 27.0 Å². The van der Waals surface area contributed by atoms with Gasteiger partial charge in [0.2, 0.25) is 21.4 Å². The number of nitrogens with zero attached hydrogens (tertiary/aromatic N) is 2. The SMILES string of the molecule is CS(=O)(=O)c1nc(OCCF)c2c(-c3ccccc3)c(-c3ccc(C4(NC(=O)O)CCC4)cc3)oc2n1. The van der Waals surface area contributed by atoms with E-state index in [1.54, 1.807) is 0 Å². The molecule has 5 rings (SSSR count). The Hall–Kier alpha value is -3.99. The molecule has 11 heteroatoms. The molecule has 0 spiro atoms. The minimum absolute atomic E-state index is 0.00906. The minimum Gasteiger partial charge on any atom is -0.474 e. The first-order valence-electron chi connectivity index (χ1n) is 11.6. The number of furan rings is 1. The summed E-state index contributed by atoms with van der Waals surface area (Å²) in [6.45, 7) is -1.11. The van der Waals surface area contributed by atoms with E-state index < -0.39 is 33.3 Å². The summed E-state index contributed by atoms with van der Waals surface area (Å²) in [5.41, 5.74) is 2.17. The summed E-state index contributed by atoms with van der Waals surface area (Å²) in [6, 6.07) is 16.6. The molecule has 1 aliphatic rings. The van der Waals surface area contributed by atoms with Crippen molar-refractivity contribution in [3.8, 4) is 28.3 Å². The molecule has 9 nitrogen and oxygen atoms in total. The average Bonchev–Trinajstić information content (AvgIpc) is 3.24. The van der Waals surface area contributed by atoms with Crippen LogP contribution in [0.5, 0.6) is 5.88 Å². The van der Waals surface area contributed by atoms with Crippen molar-refractivity contribution in [2.24, 2.45) is 0 Å². The first-order chi connectivity index (χ1) is 17.7. The molecular formula is C26H24FN3O6S. The number of sulfone groups is 1. The molecule has 2 aromatic carbocycles. The maximum Gasteiger partial charge on any atom is 0.405 e. The number of benzene rings is 2. The molecule has 0 unspecified atom stereocenters. The Morgan fingerprint density at radius 2 is 1.81 bits per heavy atom. The molecule has 0 bridgehead atoms. The number of ether oxygens (including phenoxy) is 1. The maximum absolute atomic E-state index is 13.0. The minimum atomic E-state index is -3.81. The fourth-order valence-electron chi connectivity index (χ4n) is 4.60. The maximum atomic E-state index is 13.0. The Morgan fingerprint density at radius 1 is 1.11 bits per heavy atom. The topological polar surface area (TPSA) is 132 Å². The van der Waals surface area contributed by atoms with Gasteiger partial charge in [0, 0.05) is 17.4 Å². The summed E-state index contributed by atoms with van der Waals surface area (Å²) in [6.07, 6.45) is 2.23. The van der Waals surface area contributed by atoms with Crippen molar-refractivity contribution in [2.75, 3.05) is 19.5 Å². The third-order valence-corrected chi connectivity index (χ3v) is 7.31. The van der Waals surface area contributed by atoms with Gasteiger partial charge in [-0.05, 0) is 30.4 Å². The first kappa shape index (κ1) is 24.7. The van der Waals surface area contributed by atoms with Gasteiger partial charge in [0.25, 0.3) is 5.16 Å². The van der Waals surface area contributed by atoms with E-state index in [2.05, 4.69) is 15.3 Å². The summed E-state index contributed by atoms with van der Waals surface area (Å²) >= 11 is 0. The van der Waals surface area contributed by atoms with Crippen LogP contribution in [0.1, 0.15) is 24.8 Å². The summed E-state index contributed by atoms with van der Waals surface area (Å²) in [5, 5.41) is 11.8. The second-order valence-corrected chi connectivity index (χ2v) is 10.8. The van der Waals surface area contributed by atoms with Gasteiger partial charge in [-0.3, -0.25) is 0 Å². The second kappa shape index (κ2) is 9.47. The van der Waals surface area contributed by atoms with Gasteiger partial charge >= 0.3 is 6.09 Å². The predicted molar refractivity (Wildman–Crippen MR) is 134 cm³/mol. The van der Waals surface area contributed by atoms with E-state index in [-0.39, 0.29) is 18.2 Å². The highest BCUT2D eigenvalue weighted by atomic mass is 32.2. The van der Waals surface area contributed by atoms with Crippen LogP contribution in [0.25, 0.3) is 33.6 Å². The molecule has 0 radical (unpaired) electrons. The number of aromatic nitrogens is 2. The first-order valence-corrected chi connectivity index (χ1v) is 13.5. The van der Waals surface area contributed by atoms with E-state index >= 15 is 0 Å². The number of hydrogen-bond donors (Lipinski definition) is 2. The lowest BCUT2D eigenvalue weighted by atomic mass is 9.72. The van der Waals surface area contributed by atoms with Crippen LogP contribution < -0.4 is 10.1 Å². The lowest BCUT2D eigenvalue weighted by molar-refractivity contribution is 0.144. The van der Waals surface area contributed by atoms with Gasteiger partial charge in [0.05, 0.1) is 5.54 Å². The zero-order valence-corrected chi connectivity index (χ0v) is 20.7. The zero-order chi connectivity index (χ0) is 26.2. The Bertz CT molecular complexity index is 1570. The molecule has 2 aromatic heterocycles. The molecule has 192 valence electrons. The van der Waals surface area contributed by atoms with Crippen molar-refractivity contribution in [1.29, 1.82) is 0 Å². The molecule has 0 aliphatic heterocycles. The zero-order valence-electron chi connectivity index (χ0n) is 19.9. The number of carboxylic acid groups (broad SMARTS) is 1. The molecule has 0 atom stereocenters. The molecular weight excluding hydrogens is 501 g/mol. The molecule has 2 N–H and O–H groups in total. The third-order valence-electron chi connectivity index (χ3n) is 6.46. The number of amides is 1. The van der Waals surface area contributed by atoms with E-state index in [9.17, 15) is 22.7 Å². The quantitative estimate of drug-likeness (QED) is 0.309. The molecule has 4 aromatic rings. The van der Waals surface area contributed by atoms with Crippen LogP contribution in [0.3, 0.4) is 0 Å². The highest BCUT2D eigenvalue weighted by Crippen LogP contribution is 2.45. The van der Waals surface area contributed by atoms with Gasteiger partial charge in [0.1, 0.15) is 24.4 Å². The number of alkyl halides is 1. The summed E-state index contributed by atoms with van der Waals surface area (Å²) < 4.78 is 49.1. The highest BCUT2D eigenvalue weighted by Gasteiger charge is 2.40. The predicted octanol–water partition coefficient (Wildman–Crippen LogP) is 4.96. The Balaban J connectivity index is 1.71. The van der Waals surface area contributed by atoms with Crippen molar-refractivity contribution in [2.45, 2.75) is 30.0 Å². The average molecular weight is 526 g/mol. The standard InChI is InChI=1S/C26H24FN3O6S/c1-37(33,34)24-28-22(35-15-14-27)20-19(16-6-3-2-4-7-16)21(36-23(20)29-24)17-8-10-18(11-9-17)26(12-5-13-26)30-25(31)32/h2-4,6-11,30H,5,12-15H2,1H3,(H,31,32). The number of hydrogen-bond acceptors (Lipinski definition) is 7. The summed E-state index contributed by atoms with van der Waals surface area (Å²) in [4.78, 5) is 19.6. The van der Waals surface area contributed by atoms with Gasteiger partial charge in [-0.2, -0.15) is 9.97 Å². The van der Waals surface area contributed by atoms with Gasteiger partial charge in [-0.15, -0.1) is 0 Å². The van der Waals surface area contributed by atoms with E-state index in [1.807, 2.05) is 54.6 Å². The number of nitrogens with one attached hydrogen (secondary N) is 1.